The second kappa shape index (κ2) is 4.15. The Morgan fingerprint density at radius 1 is 1.54 bits per heavy atom. The number of halogens is 3. The van der Waals surface area contributed by atoms with Crippen molar-refractivity contribution in [1.29, 1.82) is 0 Å². The summed E-state index contributed by atoms with van der Waals surface area (Å²) >= 11 is 3.20. The lowest BCUT2D eigenvalue weighted by molar-refractivity contribution is 0.426. The van der Waals surface area contributed by atoms with E-state index in [4.69, 9.17) is 5.73 Å². The van der Waals surface area contributed by atoms with Crippen molar-refractivity contribution in [2.24, 2.45) is 5.73 Å². The first-order valence-electron chi connectivity index (χ1n) is 3.83. The molecule has 2 N–H and O–H groups in total. The smallest absolute Gasteiger partial charge is 0.131 e. The molecule has 72 valence electrons. The molecular weight excluding hydrogens is 240 g/mol. The molecule has 1 nitrogen and oxygen atoms in total. The molecule has 0 saturated heterocycles. The molecule has 0 aliphatic carbocycles. The monoisotopic (exact) mass is 249 g/mol. The van der Waals surface area contributed by atoms with Crippen LogP contribution in [0.15, 0.2) is 16.6 Å². The minimum Gasteiger partial charge on any atom is -0.322 e. The van der Waals surface area contributed by atoms with E-state index in [9.17, 15) is 8.78 Å². The van der Waals surface area contributed by atoms with E-state index in [2.05, 4.69) is 15.9 Å². The van der Waals surface area contributed by atoms with Gasteiger partial charge in [-0.15, -0.1) is 0 Å². The Morgan fingerprint density at radius 3 is 2.69 bits per heavy atom. The van der Waals surface area contributed by atoms with Crippen LogP contribution in [0.4, 0.5) is 8.78 Å². The summed E-state index contributed by atoms with van der Waals surface area (Å²) in [5.74, 6) is -0.423. The fourth-order valence-electron chi connectivity index (χ4n) is 1.10. The molecule has 0 aromatic heterocycles. The van der Waals surface area contributed by atoms with Crippen molar-refractivity contribution in [3.8, 4) is 0 Å². The molecule has 0 amide bonds. The molecule has 0 heterocycles. The number of hydrogen-bond donors (Lipinski definition) is 1. The third-order valence-corrected chi connectivity index (χ3v) is 2.27. The zero-order valence-corrected chi connectivity index (χ0v) is 8.74. The molecule has 1 aromatic carbocycles. The van der Waals surface area contributed by atoms with Gasteiger partial charge in [-0.2, -0.15) is 0 Å². The van der Waals surface area contributed by atoms with Gasteiger partial charge in [0.15, 0.2) is 0 Å². The van der Waals surface area contributed by atoms with E-state index in [1.165, 1.54) is 6.07 Å². The maximum Gasteiger partial charge on any atom is 0.131 e. The maximum atomic E-state index is 13.4. The lowest BCUT2D eigenvalue weighted by atomic mass is 10.1. The molecule has 0 saturated carbocycles. The van der Waals surface area contributed by atoms with Gasteiger partial charge in [-0.3, -0.25) is 0 Å². The van der Waals surface area contributed by atoms with Crippen LogP contribution in [0.25, 0.3) is 0 Å². The molecule has 1 aromatic rings. The Labute approximate surface area is 84.1 Å². The van der Waals surface area contributed by atoms with Gasteiger partial charge in [-0.05, 0) is 24.6 Å². The largest absolute Gasteiger partial charge is 0.322 e. The number of rotatable bonds is 2. The Hall–Kier alpha value is -0.480. The van der Waals surface area contributed by atoms with Crippen LogP contribution in [0.2, 0.25) is 0 Å². The summed E-state index contributed by atoms with van der Waals surface area (Å²) in [6.45, 7) is 0.862. The Morgan fingerprint density at radius 2 is 2.15 bits per heavy atom. The van der Waals surface area contributed by atoms with Crippen LogP contribution in [0.5, 0.6) is 0 Å². The van der Waals surface area contributed by atoms with E-state index in [0.29, 0.717) is 10.0 Å². The average molecular weight is 250 g/mol. The summed E-state index contributed by atoms with van der Waals surface area (Å²) in [4.78, 5) is 0. The normalized spacial score (nSPS) is 13.0. The van der Waals surface area contributed by atoms with E-state index in [1.807, 2.05) is 0 Å². The van der Waals surface area contributed by atoms with E-state index in [0.717, 1.165) is 0 Å². The lowest BCUT2D eigenvalue weighted by Crippen LogP contribution is -2.14. The summed E-state index contributed by atoms with van der Waals surface area (Å²) in [7, 11) is 0. The Balaban J connectivity index is 3.20. The molecule has 0 unspecified atom stereocenters. The zero-order valence-electron chi connectivity index (χ0n) is 7.15. The minimum absolute atomic E-state index is 0.217. The van der Waals surface area contributed by atoms with Crippen molar-refractivity contribution in [1.82, 2.24) is 0 Å². The van der Waals surface area contributed by atoms with Gasteiger partial charge < -0.3 is 5.73 Å². The lowest BCUT2D eigenvalue weighted by Gasteiger charge is -2.11. The first-order chi connectivity index (χ1) is 6.06. The summed E-state index contributed by atoms with van der Waals surface area (Å²) < 4.78 is 26.3. The molecule has 0 aliphatic heterocycles. The SMILES string of the molecule is Cc1cc(Br)cc([C@@H](N)CF)c1F. The zero-order chi connectivity index (χ0) is 10.0. The van der Waals surface area contributed by atoms with Gasteiger partial charge in [-0.25, -0.2) is 8.78 Å². The molecule has 13 heavy (non-hydrogen) atoms. The number of benzene rings is 1. The van der Waals surface area contributed by atoms with E-state index >= 15 is 0 Å². The highest BCUT2D eigenvalue weighted by molar-refractivity contribution is 9.10. The van der Waals surface area contributed by atoms with Crippen LogP contribution in [0, 0.1) is 12.7 Å². The quantitative estimate of drug-likeness (QED) is 0.858. The van der Waals surface area contributed by atoms with E-state index in [1.54, 1.807) is 13.0 Å². The van der Waals surface area contributed by atoms with Crippen molar-refractivity contribution in [2.75, 3.05) is 6.67 Å². The number of nitrogens with two attached hydrogens (primary N) is 1. The van der Waals surface area contributed by atoms with Gasteiger partial charge in [0.1, 0.15) is 12.5 Å². The van der Waals surface area contributed by atoms with Crippen LogP contribution >= 0.6 is 15.9 Å². The third kappa shape index (κ3) is 2.25. The predicted molar refractivity (Wildman–Crippen MR) is 51.7 cm³/mol. The molecule has 0 spiro atoms. The topological polar surface area (TPSA) is 26.0 Å². The molecule has 4 heteroatoms. The molecule has 0 radical (unpaired) electrons. The Bertz CT molecular complexity index is 315. The summed E-state index contributed by atoms with van der Waals surface area (Å²) in [6, 6.07) is 2.26. The fourth-order valence-corrected chi connectivity index (χ4v) is 1.69. The predicted octanol–water partition coefficient (Wildman–Crippen LogP) is 2.87. The first-order valence-corrected chi connectivity index (χ1v) is 4.62. The van der Waals surface area contributed by atoms with Crippen molar-refractivity contribution < 1.29 is 8.78 Å². The summed E-state index contributed by atoms with van der Waals surface area (Å²) in [6.07, 6.45) is 0. The van der Waals surface area contributed by atoms with Crippen molar-refractivity contribution >= 4 is 15.9 Å². The molecule has 0 bridgehead atoms. The summed E-state index contributed by atoms with van der Waals surface area (Å²) in [5.41, 5.74) is 6.08. The van der Waals surface area contributed by atoms with E-state index in [-0.39, 0.29) is 5.56 Å². The average Bonchev–Trinajstić information content (AvgIpc) is 2.10. The minimum atomic E-state index is -0.879. The van der Waals surface area contributed by atoms with Gasteiger partial charge in [-0.1, -0.05) is 15.9 Å². The second-order valence-corrected chi connectivity index (χ2v) is 3.80. The van der Waals surface area contributed by atoms with Gasteiger partial charge in [0.05, 0.1) is 6.04 Å². The van der Waals surface area contributed by atoms with Crippen molar-refractivity contribution in [3.63, 3.8) is 0 Å². The van der Waals surface area contributed by atoms with Gasteiger partial charge in [0.2, 0.25) is 0 Å². The first kappa shape index (κ1) is 10.6. The third-order valence-electron chi connectivity index (χ3n) is 1.81. The highest BCUT2D eigenvalue weighted by Gasteiger charge is 2.13. The molecule has 0 fully saturated rings. The van der Waals surface area contributed by atoms with Crippen LogP contribution in [-0.4, -0.2) is 6.67 Å². The number of alkyl halides is 1. The molecule has 1 atom stereocenters. The van der Waals surface area contributed by atoms with Crippen LogP contribution in [-0.2, 0) is 0 Å². The maximum absolute atomic E-state index is 13.4. The van der Waals surface area contributed by atoms with Crippen molar-refractivity contribution in [3.05, 3.63) is 33.5 Å². The van der Waals surface area contributed by atoms with Gasteiger partial charge in [0, 0.05) is 10.0 Å². The molecule has 1 rings (SSSR count). The highest BCUT2D eigenvalue weighted by atomic mass is 79.9. The highest BCUT2D eigenvalue weighted by Crippen LogP contribution is 2.23. The van der Waals surface area contributed by atoms with Crippen LogP contribution < -0.4 is 5.73 Å². The number of hydrogen-bond acceptors (Lipinski definition) is 1. The van der Waals surface area contributed by atoms with E-state index < -0.39 is 18.5 Å². The van der Waals surface area contributed by atoms with Gasteiger partial charge in [0.25, 0.3) is 0 Å². The summed E-state index contributed by atoms with van der Waals surface area (Å²) in [5, 5.41) is 0. The molecule has 0 aliphatic rings. The van der Waals surface area contributed by atoms with Gasteiger partial charge >= 0.3 is 0 Å². The van der Waals surface area contributed by atoms with Crippen LogP contribution in [0.3, 0.4) is 0 Å². The number of aryl methyl sites for hydroxylation is 1. The second-order valence-electron chi connectivity index (χ2n) is 2.89. The Kier molecular flexibility index (Phi) is 3.39. The molecular formula is C9H10BrF2N. The standard InChI is InChI=1S/C9H10BrF2N/c1-5-2-6(10)3-7(9(5)12)8(13)4-11/h2-3,8H,4,13H2,1H3/t8-/m0/s1. The van der Waals surface area contributed by atoms with Crippen molar-refractivity contribution in [2.45, 2.75) is 13.0 Å². The van der Waals surface area contributed by atoms with Crippen LogP contribution in [0.1, 0.15) is 17.2 Å². The fraction of sp³-hybridized carbons (Fsp3) is 0.333.